The third kappa shape index (κ3) is 2.23. The molecule has 0 radical (unpaired) electrons. The van der Waals surface area contributed by atoms with E-state index in [9.17, 15) is 4.79 Å². The van der Waals surface area contributed by atoms with Crippen molar-refractivity contribution in [3.05, 3.63) is 0 Å². The predicted molar refractivity (Wildman–Crippen MR) is 54.4 cm³/mol. The highest BCUT2D eigenvalue weighted by molar-refractivity contribution is 5.79. The van der Waals surface area contributed by atoms with Crippen LogP contribution in [0.2, 0.25) is 0 Å². The molecule has 2 nitrogen and oxygen atoms in total. The second-order valence-corrected chi connectivity index (χ2v) is 4.49. The number of rotatable bonds is 3. The lowest BCUT2D eigenvalue weighted by atomic mass is 9.73. The first kappa shape index (κ1) is 10.6. The van der Waals surface area contributed by atoms with Crippen LogP contribution in [0, 0.1) is 11.8 Å². The Labute approximate surface area is 81.3 Å². The van der Waals surface area contributed by atoms with Crippen molar-refractivity contribution >= 4 is 5.91 Å². The zero-order chi connectivity index (χ0) is 10.0. The number of carbonyl (C=O) groups is 1. The monoisotopic (exact) mass is 183 g/mol. The van der Waals surface area contributed by atoms with Crippen molar-refractivity contribution in [1.29, 1.82) is 0 Å². The summed E-state index contributed by atoms with van der Waals surface area (Å²) in [6.45, 7) is 6.33. The van der Waals surface area contributed by atoms with Gasteiger partial charge in [0.05, 0.1) is 0 Å². The lowest BCUT2D eigenvalue weighted by Gasteiger charge is -2.37. The van der Waals surface area contributed by atoms with E-state index in [2.05, 4.69) is 20.8 Å². The van der Waals surface area contributed by atoms with Crippen LogP contribution in [0.1, 0.15) is 40.0 Å². The van der Waals surface area contributed by atoms with Gasteiger partial charge < -0.3 is 4.90 Å². The summed E-state index contributed by atoms with van der Waals surface area (Å²) in [5, 5.41) is 0. The molecular weight excluding hydrogens is 162 g/mol. The van der Waals surface area contributed by atoms with Gasteiger partial charge in [0, 0.05) is 19.0 Å². The van der Waals surface area contributed by atoms with Crippen LogP contribution in [0.15, 0.2) is 0 Å². The average molecular weight is 183 g/mol. The molecule has 0 unspecified atom stereocenters. The molecule has 13 heavy (non-hydrogen) atoms. The van der Waals surface area contributed by atoms with Gasteiger partial charge in [-0.3, -0.25) is 4.79 Å². The van der Waals surface area contributed by atoms with Gasteiger partial charge in [-0.2, -0.15) is 0 Å². The van der Waals surface area contributed by atoms with Gasteiger partial charge in [-0.15, -0.1) is 0 Å². The van der Waals surface area contributed by atoms with E-state index in [0.29, 0.717) is 17.9 Å². The smallest absolute Gasteiger partial charge is 0.225 e. The minimum Gasteiger partial charge on any atom is -0.343 e. The molecule has 0 spiro atoms. The summed E-state index contributed by atoms with van der Waals surface area (Å²) in [7, 11) is 1.91. The second-order valence-electron chi connectivity index (χ2n) is 4.49. The maximum absolute atomic E-state index is 11.8. The van der Waals surface area contributed by atoms with Crippen molar-refractivity contribution in [2.75, 3.05) is 7.05 Å². The molecule has 76 valence electrons. The number of nitrogens with zero attached hydrogens (tertiary/aromatic N) is 1. The molecule has 0 bridgehead atoms. The lowest BCUT2D eigenvalue weighted by Crippen LogP contribution is -2.42. The van der Waals surface area contributed by atoms with Crippen LogP contribution < -0.4 is 0 Å². The van der Waals surface area contributed by atoms with E-state index >= 15 is 0 Å². The lowest BCUT2D eigenvalue weighted by molar-refractivity contribution is -0.140. The van der Waals surface area contributed by atoms with Crippen molar-refractivity contribution in [2.45, 2.75) is 46.1 Å². The number of hydrogen-bond donors (Lipinski definition) is 0. The largest absolute Gasteiger partial charge is 0.343 e. The standard InChI is InChI=1S/C11H21NO/c1-5-9-6-10(7-9)11(13)12(4)8(2)3/h8-10H,5-7H2,1-4H3. The molecule has 2 heteroatoms. The van der Waals surface area contributed by atoms with Crippen LogP contribution in [0.3, 0.4) is 0 Å². The van der Waals surface area contributed by atoms with Gasteiger partial charge in [0.1, 0.15) is 0 Å². The van der Waals surface area contributed by atoms with Crippen LogP contribution in [0.5, 0.6) is 0 Å². The first-order valence-electron chi connectivity index (χ1n) is 5.32. The SMILES string of the molecule is CCC1CC(C(=O)N(C)C(C)C)C1. The maximum atomic E-state index is 11.8. The van der Waals surface area contributed by atoms with Gasteiger partial charge in [-0.25, -0.2) is 0 Å². The highest BCUT2D eigenvalue weighted by Crippen LogP contribution is 2.36. The van der Waals surface area contributed by atoms with E-state index in [0.717, 1.165) is 18.8 Å². The van der Waals surface area contributed by atoms with Crippen molar-refractivity contribution in [2.24, 2.45) is 11.8 Å². The van der Waals surface area contributed by atoms with Gasteiger partial charge in [0.25, 0.3) is 0 Å². The Balaban J connectivity index is 2.34. The third-order valence-corrected chi connectivity index (χ3v) is 3.28. The van der Waals surface area contributed by atoms with Crippen LogP contribution in [-0.4, -0.2) is 23.9 Å². The molecular formula is C11H21NO. The van der Waals surface area contributed by atoms with E-state index < -0.39 is 0 Å². The molecule has 0 aromatic heterocycles. The summed E-state index contributed by atoms with van der Waals surface area (Å²) >= 11 is 0. The zero-order valence-electron chi connectivity index (χ0n) is 9.21. The molecule has 0 N–H and O–H groups in total. The van der Waals surface area contributed by atoms with Gasteiger partial charge in [0.15, 0.2) is 0 Å². The first-order chi connectivity index (χ1) is 6.06. The molecule has 0 aliphatic heterocycles. The van der Waals surface area contributed by atoms with E-state index in [1.54, 1.807) is 0 Å². The van der Waals surface area contributed by atoms with E-state index in [1.807, 2.05) is 11.9 Å². The Hall–Kier alpha value is -0.530. The summed E-state index contributed by atoms with van der Waals surface area (Å²) in [5.74, 6) is 1.49. The van der Waals surface area contributed by atoms with Crippen LogP contribution >= 0.6 is 0 Å². The molecule has 0 aromatic carbocycles. The van der Waals surface area contributed by atoms with Gasteiger partial charge in [0.2, 0.25) is 5.91 Å². The highest BCUT2D eigenvalue weighted by Gasteiger charge is 2.35. The summed E-state index contributed by atoms with van der Waals surface area (Å²) in [6, 6.07) is 0.341. The van der Waals surface area contributed by atoms with Crippen molar-refractivity contribution in [3.8, 4) is 0 Å². The number of carbonyl (C=O) groups excluding carboxylic acids is 1. The second kappa shape index (κ2) is 4.12. The number of hydrogen-bond acceptors (Lipinski definition) is 1. The van der Waals surface area contributed by atoms with Crippen molar-refractivity contribution in [3.63, 3.8) is 0 Å². The summed E-state index contributed by atoms with van der Waals surface area (Å²) in [6.07, 6.45) is 3.47. The third-order valence-electron chi connectivity index (χ3n) is 3.28. The molecule has 0 aromatic rings. The molecule has 1 aliphatic rings. The van der Waals surface area contributed by atoms with Gasteiger partial charge in [-0.1, -0.05) is 13.3 Å². The quantitative estimate of drug-likeness (QED) is 0.657. The Morgan fingerprint density at radius 2 is 2.00 bits per heavy atom. The molecule has 0 heterocycles. The fourth-order valence-electron chi connectivity index (χ4n) is 1.81. The molecule has 0 saturated heterocycles. The molecule has 1 rings (SSSR count). The Morgan fingerprint density at radius 1 is 1.46 bits per heavy atom. The molecule has 1 amide bonds. The minimum absolute atomic E-state index is 0.331. The Morgan fingerprint density at radius 3 is 2.38 bits per heavy atom. The van der Waals surface area contributed by atoms with Gasteiger partial charge >= 0.3 is 0 Å². The molecule has 1 aliphatic carbocycles. The van der Waals surface area contributed by atoms with Crippen LogP contribution in [0.25, 0.3) is 0 Å². The van der Waals surface area contributed by atoms with E-state index in [4.69, 9.17) is 0 Å². The minimum atomic E-state index is 0.331. The van der Waals surface area contributed by atoms with Crippen LogP contribution in [-0.2, 0) is 4.79 Å². The van der Waals surface area contributed by atoms with Crippen molar-refractivity contribution < 1.29 is 4.79 Å². The van der Waals surface area contributed by atoms with Crippen molar-refractivity contribution in [1.82, 2.24) is 4.90 Å². The van der Waals surface area contributed by atoms with Crippen LogP contribution in [0.4, 0.5) is 0 Å². The highest BCUT2D eigenvalue weighted by atomic mass is 16.2. The Bertz CT molecular complexity index is 183. The fourth-order valence-corrected chi connectivity index (χ4v) is 1.81. The summed E-state index contributed by atoms with van der Waals surface area (Å²) in [4.78, 5) is 13.6. The Kier molecular flexibility index (Phi) is 3.34. The number of amides is 1. The maximum Gasteiger partial charge on any atom is 0.225 e. The average Bonchev–Trinajstić information content (AvgIpc) is 2.00. The normalized spacial score (nSPS) is 27.2. The molecule has 1 saturated carbocycles. The topological polar surface area (TPSA) is 20.3 Å². The van der Waals surface area contributed by atoms with Gasteiger partial charge in [-0.05, 0) is 32.6 Å². The first-order valence-corrected chi connectivity index (χ1v) is 5.32. The predicted octanol–water partition coefficient (Wildman–Crippen LogP) is 2.29. The molecule has 0 atom stereocenters. The molecule has 1 fully saturated rings. The zero-order valence-corrected chi connectivity index (χ0v) is 9.21. The summed E-state index contributed by atoms with van der Waals surface area (Å²) < 4.78 is 0. The van der Waals surface area contributed by atoms with E-state index in [-0.39, 0.29) is 0 Å². The van der Waals surface area contributed by atoms with E-state index in [1.165, 1.54) is 6.42 Å². The summed E-state index contributed by atoms with van der Waals surface area (Å²) in [5.41, 5.74) is 0. The fraction of sp³-hybridized carbons (Fsp3) is 0.909.